The molecular weight excluding hydrogens is 323 g/mol. The van der Waals surface area contributed by atoms with Gasteiger partial charge in [0.1, 0.15) is 11.1 Å². The maximum Gasteiger partial charge on any atom is 0.405 e. The number of halogens is 1. The van der Waals surface area contributed by atoms with Gasteiger partial charge in [-0.1, -0.05) is 30.3 Å². The molecule has 0 aliphatic heterocycles. The average Bonchev–Trinajstić information content (AvgIpc) is 2.89. The van der Waals surface area contributed by atoms with Crippen LogP contribution in [0.3, 0.4) is 0 Å². The third-order valence-corrected chi connectivity index (χ3v) is 3.98. The van der Waals surface area contributed by atoms with Crippen molar-refractivity contribution >= 4 is 22.8 Å². The van der Waals surface area contributed by atoms with E-state index in [0.717, 1.165) is 11.1 Å². The van der Waals surface area contributed by atoms with Crippen molar-refractivity contribution in [3.63, 3.8) is 0 Å². The summed E-state index contributed by atoms with van der Waals surface area (Å²) < 4.78 is 19.8. The summed E-state index contributed by atoms with van der Waals surface area (Å²) in [5.74, 6) is -0.126. The van der Waals surface area contributed by atoms with Crippen molar-refractivity contribution < 1.29 is 13.9 Å². The van der Waals surface area contributed by atoms with Crippen LogP contribution >= 0.6 is 0 Å². The Morgan fingerprint density at radius 1 is 1.24 bits per heavy atom. The van der Waals surface area contributed by atoms with E-state index in [4.69, 9.17) is 16.2 Å². The largest absolute Gasteiger partial charge is 0.443 e. The Morgan fingerprint density at radius 2 is 1.92 bits per heavy atom. The number of nitrogens with one attached hydrogen (secondary N) is 1. The van der Waals surface area contributed by atoms with Crippen LogP contribution in [0.1, 0.15) is 19.4 Å². The number of hydrogen-bond donors (Lipinski definition) is 3. The number of carbonyl (C=O) groups is 1. The quantitative estimate of drug-likeness (QED) is 0.675. The summed E-state index contributed by atoms with van der Waals surface area (Å²) in [4.78, 5) is 10.9. The Balaban J connectivity index is 1.88. The summed E-state index contributed by atoms with van der Waals surface area (Å²) in [7, 11) is 0. The highest BCUT2D eigenvalue weighted by molar-refractivity contribution is 5.92. The molecule has 0 unspecified atom stereocenters. The Kier molecular flexibility index (Phi) is 4.08. The lowest BCUT2D eigenvalue weighted by atomic mass is 9.96. The van der Waals surface area contributed by atoms with Crippen LogP contribution in [-0.2, 0) is 11.2 Å². The number of nitrogens with zero attached hydrogens (tertiary/aromatic N) is 1. The van der Waals surface area contributed by atoms with E-state index in [0.29, 0.717) is 17.4 Å². The molecule has 7 heteroatoms. The van der Waals surface area contributed by atoms with E-state index >= 15 is 0 Å². The highest BCUT2D eigenvalue weighted by atomic mass is 19.1. The Morgan fingerprint density at radius 3 is 2.56 bits per heavy atom. The fraction of sp³-hybridized carbons (Fsp3) is 0.222. The van der Waals surface area contributed by atoms with Gasteiger partial charge in [-0.15, -0.1) is 0 Å². The van der Waals surface area contributed by atoms with Crippen LogP contribution in [0, 0.1) is 5.82 Å². The van der Waals surface area contributed by atoms with Crippen LogP contribution in [0.15, 0.2) is 36.4 Å². The zero-order valence-electron chi connectivity index (χ0n) is 14.0. The number of aromatic amines is 1. The Bertz CT molecular complexity index is 932. The fourth-order valence-corrected chi connectivity index (χ4v) is 2.90. The molecule has 0 aliphatic rings. The lowest BCUT2D eigenvalue weighted by Crippen LogP contribution is -2.33. The van der Waals surface area contributed by atoms with Gasteiger partial charge in [0.05, 0.1) is 0 Å². The molecule has 1 heterocycles. The number of nitrogens with two attached hydrogens (primary N) is 2. The summed E-state index contributed by atoms with van der Waals surface area (Å²) in [6.07, 6.45) is -0.315. The van der Waals surface area contributed by atoms with E-state index < -0.39 is 17.5 Å². The number of H-pyrrole nitrogens is 1. The highest BCUT2D eigenvalue weighted by Crippen LogP contribution is 2.30. The maximum absolute atomic E-state index is 14.7. The highest BCUT2D eigenvalue weighted by Gasteiger charge is 2.22. The normalized spacial score (nSPS) is 11.6. The van der Waals surface area contributed by atoms with Crippen molar-refractivity contribution in [2.75, 3.05) is 5.73 Å². The molecule has 0 atom stereocenters. The summed E-state index contributed by atoms with van der Waals surface area (Å²) in [5, 5.41) is 7.01. The third-order valence-electron chi connectivity index (χ3n) is 3.98. The first kappa shape index (κ1) is 16.8. The van der Waals surface area contributed by atoms with Crippen LogP contribution < -0.4 is 11.5 Å². The van der Waals surface area contributed by atoms with E-state index in [1.165, 1.54) is 0 Å². The van der Waals surface area contributed by atoms with E-state index in [9.17, 15) is 9.18 Å². The van der Waals surface area contributed by atoms with Crippen LogP contribution in [0.2, 0.25) is 0 Å². The topological polar surface area (TPSA) is 107 Å². The first-order valence-electron chi connectivity index (χ1n) is 7.77. The van der Waals surface area contributed by atoms with Gasteiger partial charge in [0.15, 0.2) is 11.6 Å². The minimum atomic E-state index is -0.809. The van der Waals surface area contributed by atoms with Gasteiger partial charge in [-0.05, 0) is 31.0 Å². The predicted octanol–water partition coefficient (Wildman–Crippen LogP) is 3.37. The van der Waals surface area contributed by atoms with E-state index in [1.807, 2.05) is 24.3 Å². The van der Waals surface area contributed by atoms with Gasteiger partial charge in [-0.2, -0.15) is 5.10 Å². The summed E-state index contributed by atoms with van der Waals surface area (Å²) in [6.45, 7) is 3.56. The van der Waals surface area contributed by atoms with Crippen molar-refractivity contribution in [1.82, 2.24) is 10.2 Å². The number of primary amides is 1. The first-order valence-corrected chi connectivity index (χ1v) is 7.77. The zero-order chi connectivity index (χ0) is 18.2. The molecule has 3 aromatic rings. The molecule has 0 saturated carbocycles. The molecule has 6 nitrogen and oxygen atoms in total. The molecule has 0 radical (unpaired) electrons. The molecule has 130 valence electrons. The molecule has 3 rings (SSSR count). The third kappa shape index (κ3) is 3.40. The van der Waals surface area contributed by atoms with Crippen LogP contribution in [-0.4, -0.2) is 21.9 Å². The van der Waals surface area contributed by atoms with Gasteiger partial charge < -0.3 is 16.2 Å². The molecule has 0 spiro atoms. The maximum atomic E-state index is 14.7. The van der Waals surface area contributed by atoms with Crippen molar-refractivity contribution in [3.8, 4) is 11.1 Å². The zero-order valence-corrected chi connectivity index (χ0v) is 14.0. The molecular formula is C18H19FN4O2. The van der Waals surface area contributed by atoms with E-state index in [1.54, 1.807) is 26.0 Å². The molecule has 25 heavy (non-hydrogen) atoms. The second kappa shape index (κ2) is 6.08. The number of aromatic nitrogens is 2. The molecule has 0 saturated heterocycles. The summed E-state index contributed by atoms with van der Waals surface area (Å²) in [6, 6.07) is 10.8. The molecule has 0 bridgehead atoms. The van der Waals surface area contributed by atoms with Gasteiger partial charge >= 0.3 is 6.09 Å². The van der Waals surface area contributed by atoms with Gasteiger partial charge in [-0.3, -0.25) is 5.10 Å². The van der Waals surface area contributed by atoms with Gasteiger partial charge in [0, 0.05) is 17.4 Å². The monoisotopic (exact) mass is 342 g/mol. The number of ether oxygens (including phenoxy) is 1. The molecule has 1 aromatic heterocycles. The molecule has 2 aromatic carbocycles. The second-order valence-corrected chi connectivity index (χ2v) is 6.51. The van der Waals surface area contributed by atoms with E-state index in [2.05, 4.69) is 10.2 Å². The van der Waals surface area contributed by atoms with Crippen molar-refractivity contribution in [2.45, 2.75) is 25.9 Å². The number of amides is 1. The minimum absolute atomic E-state index is 0.271. The number of hydrogen-bond acceptors (Lipinski definition) is 4. The predicted molar refractivity (Wildman–Crippen MR) is 94.4 cm³/mol. The second-order valence-electron chi connectivity index (χ2n) is 6.51. The van der Waals surface area contributed by atoms with Crippen molar-refractivity contribution in [3.05, 3.63) is 47.8 Å². The number of anilines is 1. The van der Waals surface area contributed by atoms with Crippen LogP contribution in [0.25, 0.3) is 22.0 Å². The van der Waals surface area contributed by atoms with Gasteiger partial charge in [0.2, 0.25) is 0 Å². The van der Waals surface area contributed by atoms with Gasteiger partial charge in [-0.25, -0.2) is 9.18 Å². The van der Waals surface area contributed by atoms with Crippen LogP contribution in [0.5, 0.6) is 0 Å². The standard InChI is InChI=1S/C18H19FN4O2/c1-18(2,25-17(21)24)9-10-3-5-11(6-4-10)12-7-8-13-15(14(12)19)22-23-16(13)20/h3-8H,9H2,1-2H3,(H2,21,24)(H3,20,22,23). The number of carbonyl (C=O) groups excluding carboxylic acids is 1. The number of rotatable bonds is 4. The smallest absolute Gasteiger partial charge is 0.405 e. The molecule has 5 N–H and O–H groups in total. The fourth-order valence-electron chi connectivity index (χ4n) is 2.90. The van der Waals surface area contributed by atoms with E-state index in [-0.39, 0.29) is 11.3 Å². The number of benzene rings is 2. The lowest BCUT2D eigenvalue weighted by Gasteiger charge is -2.24. The van der Waals surface area contributed by atoms with Crippen molar-refractivity contribution in [1.29, 1.82) is 0 Å². The van der Waals surface area contributed by atoms with Crippen LogP contribution in [0.4, 0.5) is 15.0 Å². The summed E-state index contributed by atoms with van der Waals surface area (Å²) in [5.41, 5.74) is 12.5. The number of nitrogen functional groups attached to an aromatic ring is 1. The minimum Gasteiger partial charge on any atom is -0.443 e. The van der Waals surface area contributed by atoms with Crippen molar-refractivity contribution in [2.24, 2.45) is 5.73 Å². The molecule has 1 amide bonds. The lowest BCUT2D eigenvalue weighted by molar-refractivity contribution is 0.0460. The van der Waals surface area contributed by atoms with Gasteiger partial charge in [0.25, 0.3) is 0 Å². The number of fused-ring (bicyclic) bond motifs is 1. The SMILES string of the molecule is CC(C)(Cc1ccc(-c2ccc3c(N)n[nH]c3c2F)cc1)OC(N)=O. The summed E-state index contributed by atoms with van der Waals surface area (Å²) >= 11 is 0. The first-order chi connectivity index (χ1) is 11.8. The Hall–Kier alpha value is -3.09. The Labute approximate surface area is 144 Å². The molecule has 0 fully saturated rings. The molecule has 0 aliphatic carbocycles. The average molecular weight is 342 g/mol.